The van der Waals surface area contributed by atoms with Gasteiger partial charge in [0.1, 0.15) is 0 Å². The van der Waals surface area contributed by atoms with Crippen molar-refractivity contribution in [1.82, 2.24) is 10.6 Å². The number of carbonyl (C=O) groups is 1. The third kappa shape index (κ3) is 4.95. The van der Waals surface area contributed by atoms with Gasteiger partial charge in [0.2, 0.25) is 5.91 Å². The first-order chi connectivity index (χ1) is 11.6. The zero-order valence-electron chi connectivity index (χ0n) is 14.5. The Morgan fingerprint density at radius 1 is 1.21 bits per heavy atom. The number of benzene rings is 1. The molecule has 1 aliphatic heterocycles. The predicted molar refractivity (Wildman–Crippen MR) is 96.0 cm³/mol. The van der Waals surface area contributed by atoms with E-state index in [9.17, 15) is 9.90 Å². The van der Waals surface area contributed by atoms with Crippen LogP contribution in [0.1, 0.15) is 44.2 Å². The second kappa shape index (κ2) is 7.99. The van der Waals surface area contributed by atoms with Crippen molar-refractivity contribution in [3.63, 3.8) is 0 Å². The van der Waals surface area contributed by atoms with Gasteiger partial charge in [0.05, 0.1) is 12.6 Å². The van der Waals surface area contributed by atoms with E-state index in [0.29, 0.717) is 6.54 Å². The molecule has 1 amide bonds. The van der Waals surface area contributed by atoms with Crippen LogP contribution in [0.25, 0.3) is 0 Å². The highest BCUT2D eigenvalue weighted by atomic mass is 16.3. The molecule has 3 rings (SSSR count). The van der Waals surface area contributed by atoms with Crippen LogP contribution < -0.4 is 15.5 Å². The van der Waals surface area contributed by atoms with Crippen molar-refractivity contribution in [2.24, 2.45) is 5.92 Å². The number of aliphatic hydroxyl groups is 1. The summed E-state index contributed by atoms with van der Waals surface area (Å²) >= 11 is 0. The number of nitrogens with zero attached hydrogens (tertiary/aromatic N) is 1. The van der Waals surface area contributed by atoms with E-state index in [1.54, 1.807) is 0 Å². The SMILES string of the molecule is CC(NCC(=O)NCC1CC1)c1ccc(N2CCC(O)CC2)cc1. The number of aliphatic hydroxyl groups excluding tert-OH is 1. The van der Waals surface area contributed by atoms with Crippen molar-refractivity contribution in [2.75, 3.05) is 31.1 Å². The van der Waals surface area contributed by atoms with Crippen molar-refractivity contribution in [3.8, 4) is 0 Å². The van der Waals surface area contributed by atoms with Gasteiger partial charge in [-0.1, -0.05) is 12.1 Å². The molecule has 24 heavy (non-hydrogen) atoms. The van der Waals surface area contributed by atoms with Crippen LogP contribution in [0.4, 0.5) is 5.69 Å². The Balaban J connectivity index is 1.44. The maximum atomic E-state index is 11.8. The van der Waals surface area contributed by atoms with Crippen molar-refractivity contribution in [3.05, 3.63) is 29.8 Å². The second-order valence-electron chi connectivity index (χ2n) is 7.16. The summed E-state index contributed by atoms with van der Waals surface area (Å²) in [4.78, 5) is 14.1. The molecule has 1 aromatic carbocycles. The van der Waals surface area contributed by atoms with Gasteiger partial charge in [-0.2, -0.15) is 0 Å². The Bertz CT molecular complexity index is 534. The van der Waals surface area contributed by atoms with E-state index >= 15 is 0 Å². The van der Waals surface area contributed by atoms with Gasteiger partial charge in [-0.05, 0) is 56.2 Å². The van der Waals surface area contributed by atoms with Crippen molar-refractivity contribution < 1.29 is 9.90 Å². The average Bonchev–Trinajstić information content (AvgIpc) is 3.43. The third-order valence-electron chi connectivity index (χ3n) is 5.08. The molecule has 2 fully saturated rings. The van der Waals surface area contributed by atoms with Crippen molar-refractivity contribution >= 4 is 11.6 Å². The topological polar surface area (TPSA) is 64.6 Å². The zero-order chi connectivity index (χ0) is 16.9. The fraction of sp³-hybridized carbons (Fsp3) is 0.632. The van der Waals surface area contributed by atoms with E-state index in [1.807, 2.05) is 0 Å². The van der Waals surface area contributed by atoms with Crippen LogP contribution in [-0.4, -0.2) is 43.3 Å². The lowest BCUT2D eigenvalue weighted by atomic mass is 10.0. The first-order valence-corrected chi connectivity index (χ1v) is 9.15. The number of amides is 1. The Morgan fingerprint density at radius 3 is 2.50 bits per heavy atom. The Labute approximate surface area is 144 Å². The van der Waals surface area contributed by atoms with Gasteiger partial charge in [0.25, 0.3) is 0 Å². The van der Waals surface area contributed by atoms with Crippen LogP contribution in [-0.2, 0) is 4.79 Å². The average molecular weight is 331 g/mol. The molecule has 1 aliphatic carbocycles. The maximum Gasteiger partial charge on any atom is 0.233 e. The lowest BCUT2D eigenvalue weighted by Crippen LogP contribution is -2.36. The quantitative estimate of drug-likeness (QED) is 0.713. The summed E-state index contributed by atoms with van der Waals surface area (Å²) in [5, 5.41) is 15.9. The van der Waals surface area contributed by atoms with E-state index in [0.717, 1.165) is 38.4 Å². The van der Waals surface area contributed by atoms with E-state index in [1.165, 1.54) is 24.1 Å². The van der Waals surface area contributed by atoms with E-state index in [-0.39, 0.29) is 18.1 Å². The molecule has 1 heterocycles. The molecule has 0 aromatic heterocycles. The highest BCUT2D eigenvalue weighted by Crippen LogP contribution is 2.27. The molecule has 0 spiro atoms. The molecule has 1 saturated heterocycles. The molecule has 132 valence electrons. The fourth-order valence-electron chi connectivity index (χ4n) is 3.10. The van der Waals surface area contributed by atoms with E-state index in [4.69, 9.17) is 0 Å². The Hall–Kier alpha value is -1.59. The summed E-state index contributed by atoms with van der Waals surface area (Å²) in [6.07, 6.45) is 4.06. The van der Waals surface area contributed by atoms with Crippen LogP contribution in [0.15, 0.2) is 24.3 Å². The summed E-state index contributed by atoms with van der Waals surface area (Å²) < 4.78 is 0. The zero-order valence-corrected chi connectivity index (χ0v) is 14.5. The molecule has 1 saturated carbocycles. The molecule has 1 atom stereocenters. The summed E-state index contributed by atoms with van der Waals surface area (Å²) in [6.45, 7) is 5.10. The number of hydrogen-bond donors (Lipinski definition) is 3. The van der Waals surface area contributed by atoms with Crippen LogP contribution >= 0.6 is 0 Å². The molecule has 0 radical (unpaired) electrons. The van der Waals surface area contributed by atoms with Crippen LogP contribution in [0.3, 0.4) is 0 Å². The minimum absolute atomic E-state index is 0.0808. The highest BCUT2D eigenvalue weighted by Gasteiger charge is 2.21. The molecule has 5 heteroatoms. The summed E-state index contributed by atoms with van der Waals surface area (Å²) in [5.41, 5.74) is 2.39. The standard InChI is InChI=1S/C19H29N3O2/c1-14(20-13-19(24)21-12-15-2-3-15)16-4-6-17(7-5-16)22-10-8-18(23)9-11-22/h4-7,14-15,18,20,23H,2-3,8-13H2,1H3,(H,21,24). The molecule has 0 bridgehead atoms. The van der Waals surface area contributed by atoms with Gasteiger partial charge in [-0.25, -0.2) is 0 Å². The molecule has 1 aromatic rings. The van der Waals surface area contributed by atoms with Gasteiger partial charge < -0.3 is 20.6 Å². The van der Waals surface area contributed by atoms with Crippen molar-refractivity contribution in [1.29, 1.82) is 0 Å². The summed E-state index contributed by atoms with van der Waals surface area (Å²) in [6, 6.07) is 8.67. The lowest BCUT2D eigenvalue weighted by Gasteiger charge is -2.31. The largest absolute Gasteiger partial charge is 0.393 e. The predicted octanol–water partition coefficient (Wildman–Crippen LogP) is 1.82. The Kier molecular flexibility index (Phi) is 5.74. The molecular weight excluding hydrogens is 302 g/mol. The number of anilines is 1. The van der Waals surface area contributed by atoms with Gasteiger partial charge in [0.15, 0.2) is 0 Å². The summed E-state index contributed by atoms with van der Waals surface area (Å²) in [5.74, 6) is 0.798. The second-order valence-corrected chi connectivity index (χ2v) is 7.16. The monoisotopic (exact) mass is 331 g/mol. The van der Waals surface area contributed by atoms with E-state index < -0.39 is 0 Å². The van der Waals surface area contributed by atoms with E-state index in [2.05, 4.69) is 46.7 Å². The first-order valence-electron chi connectivity index (χ1n) is 9.15. The molecular formula is C19H29N3O2. The smallest absolute Gasteiger partial charge is 0.233 e. The number of piperidine rings is 1. The third-order valence-corrected chi connectivity index (χ3v) is 5.08. The molecule has 5 nitrogen and oxygen atoms in total. The number of carbonyl (C=O) groups excluding carboxylic acids is 1. The molecule has 3 N–H and O–H groups in total. The van der Waals surface area contributed by atoms with Crippen LogP contribution in [0, 0.1) is 5.92 Å². The lowest BCUT2D eigenvalue weighted by molar-refractivity contribution is -0.120. The minimum Gasteiger partial charge on any atom is -0.393 e. The molecule has 1 unspecified atom stereocenters. The van der Waals surface area contributed by atoms with Gasteiger partial charge in [-0.15, -0.1) is 0 Å². The minimum atomic E-state index is -0.143. The Morgan fingerprint density at radius 2 is 1.88 bits per heavy atom. The van der Waals surface area contributed by atoms with Gasteiger partial charge in [-0.3, -0.25) is 4.79 Å². The van der Waals surface area contributed by atoms with Crippen molar-refractivity contribution in [2.45, 2.75) is 44.8 Å². The normalized spacial score (nSPS) is 20.0. The van der Waals surface area contributed by atoms with Crippen LogP contribution in [0.5, 0.6) is 0 Å². The van der Waals surface area contributed by atoms with Gasteiger partial charge >= 0.3 is 0 Å². The van der Waals surface area contributed by atoms with Crippen LogP contribution in [0.2, 0.25) is 0 Å². The highest BCUT2D eigenvalue weighted by molar-refractivity contribution is 5.78. The maximum absolute atomic E-state index is 11.8. The number of rotatable bonds is 7. The first kappa shape index (κ1) is 17.2. The fourth-order valence-corrected chi connectivity index (χ4v) is 3.10. The number of nitrogens with one attached hydrogen (secondary N) is 2. The molecule has 2 aliphatic rings. The van der Waals surface area contributed by atoms with Gasteiger partial charge in [0, 0.05) is 31.4 Å². The summed E-state index contributed by atoms with van der Waals surface area (Å²) in [7, 11) is 0. The number of hydrogen-bond acceptors (Lipinski definition) is 4.